The van der Waals surface area contributed by atoms with Crippen LogP contribution in [0.25, 0.3) is 28.1 Å². The SMILES string of the molecule is Cc1cn(-c2cc(-c3nc4ccc(CC(=O)c5cnoc5C)cc4[nH]3)cc(C(F)(F)F)c2)cn1. The Bertz CT molecular complexity index is 1530. The Morgan fingerprint density at radius 3 is 2.65 bits per heavy atom. The van der Waals surface area contributed by atoms with Gasteiger partial charge < -0.3 is 14.1 Å². The lowest BCUT2D eigenvalue weighted by molar-refractivity contribution is -0.137. The highest BCUT2D eigenvalue weighted by Gasteiger charge is 2.32. The summed E-state index contributed by atoms with van der Waals surface area (Å²) in [6.45, 7) is 3.43. The van der Waals surface area contributed by atoms with Gasteiger partial charge in [0.2, 0.25) is 0 Å². The monoisotopic (exact) mass is 465 g/mol. The number of nitrogens with zero attached hydrogens (tertiary/aromatic N) is 4. The molecule has 5 aromatic rings. The molecule has 0 amide bonds. The van der Waals surface area contributed by atoms with Crippen molar-refractivity contribution in [2.24, 2.45) is 0 Å². The Morgan fingerprint density at radius 2 is 1.97 bits per heavy atom. The number of aryl methyl sites for hydroxylation is 2. The molecule has 0 aliphatic carbocycles. The summed E-state index contributed by atoms with van der Waals surface area (Å²) in [5, 5.41) is 3.63. The molecule has 0 bridgehead atoms. The average molecular weight is 465 g/mol. The molecule has 0 saturated carbocycles. The van der Waals surface area contributed by atoms with Gasteiger partial charge in [0.1, 0.15) is 11.6 Å². The number of aromatic nitrogens is 5. The minimum absolute atomic E-state index is 0.125. The lowest BCUT2D eigenvalue weighted by Gasteiger charge is -2.12. The first kappa shape index (κ1) is 21.6. The molecule has 0 aliphatic rings. The number of H-pyrrole nitrogens is 1. The Labute approximate surface area is 191 Å². The number of fused-ring (bicyclic) bond motifs is 1. The number of alkyl halides is 3. The number of halogens is 3. The highest BCUT2D eigenvalue weighted by atomic mass is 19.4. The zero-order chi connectivity index (χ0) is 24.0. The summed E-state index contributed by atoms with van der Waals surface area (Å²) < 4.78 is 47.3. The number of Topliss-reactive ketones (excluding diaryl/α,β-unsaturated/α-hetero) is 1. The third-order valence-corrected chi connectivity index (χ3v) is 5.49. The molecule has 3 aromatic heterocycles. The summed E-state index contributed by atoms with van der Waals surface area (Å²) in [5.74, 6) is 0.594. The van der Waals surface area contributed by atoms with Crippen LogP contribution in [0.4, 0.5) is 13.2 Å². The quantitative estimate of drug-likeness (QED) is 0.348. The molecule has 5 rings (SSSR count). The van der Waals surface area contributed by atoms with Crippen LogP contribution in [0.15, 0.2) is 59.6 Å². The van der Waals surface area contributed by atoms with Crippen molar-refractivity contribution in [1.82, 2.24) is 24.7 Å². The number of rotatable bonds is 5. The Hall–Kier alpha value is -4.21. The van der Waals surface area contributed by atoms with Crippen LogP contribution in [-0.2, 0) is 12.6 Å². The third-order valence-electron chi connectivity index (χ3n) is 5.49. The van der Waals surface area contributed by atoms with Crippen molar-refractivity contribution in [2.75, 3.05) is 0 Å². The topological polar surface area (TPSA) is 89.6 Å². The summed E-state index contributed by atoms with van der Waals surface area (Å²) in [5.41, 5.74) is 2.83. The van der Waals surface area contributed by atoms with E-state index in [0.29, 0.717) is 33.7 Å². The van der Waals surface area contributed by atoms with E-state index in [0.717, 1.165) is 17.7 Å². The molecule has 0 atom stereocenters. The average Bonchev–Trinajstić information content (AvgIpc) is 3.52. The van der Waals surface area contributed by atoms with Crippen LogP contribution in [0.1, 0.15) is 32.9 Å². The minimum Gasteiger partial charge on any atom is -0.361 e. The van der Waals surface area contributed by atoms with Gasteiger partial charge in [-0.3, -0.25) is 4.79 Å². The summed E-state index contributed by atoms with van der Waals surface area (Å²) in [4.78, 5) is 24.2. The van der Waals surface area contributed by atoms with Gasteiger partial charge in [0.05, 0.1) is 40.4 Å². The Kier molecular flexibility index (Phi) is 5.07. The fourth-order valence-corrected chi connectivity index (χ4v) is 3.77. The number of carbonyl (C=O) groups excluding carboxylic acids is 1. The van der Waals surface area contributed by atoms with Crippen molar-refractivity contribution in [1.29, 1.82) is 0 Å². The second-order valence-corrected chi connectivity index (χ2v) is 8.02. The zero-order valence-corrected chi connectivity index (χ0v) is 18.1. The maximum atomic E-state index is 13.6. The molecule has 0 spiro atoms. The van der Waals surface area contributed by atoms with Gasteiger partial charge >= 0.3 is 6.18 Å². The largest absolute Gasteiger partial charge is 0.416 e. The summed E-state index contributed by atoms with van der Waals surface area (Å²) in [7, 11) is 0. The number of hydrogen-bond donors (Lipinski definition) is 1. The molecule has 0 unspecified atom stereocenters. The van der Waals surface area contributed by atoms with E-state index in [4.69, 9.17) is 4.52 Å². The fraction of sp³-hybridized carbons (Fsp3) is 0.167. The van der Waals surface area contributed by atoms with Crippen LogP contribution in [0.5, 0.6) is 0 Å². The van der Waals surface area contributed by atoms with Crippen LogP contribution < -0.4 is 0 Å². The highest BCUT2D eigenvalue weighted by Crippen LogP contribution is 2.34. The second-order valence-electron chi connectivity index (χ2n) is 8.02. The van der Waals surface area contributed by atoms with Gasteiger partial charge in [-0.25, -0.2) is 9.97 Å². The predicted octanol–water partition coefficient (Wildman–Crippen LogP) is 5.46. The van der Waals surface area contributed by atoms with E-state index in [1.54, 1.807) is 44.3 Å². The maximum Gasteiger partial charge on any atom is 0.416 e. The molecule has 10 heteroatoms. The molecule has 7 nitrogen and oxygen atoms in total. The lowest BCUT2D eigenvalue weighted by Crippen LogP contribution is -2.07. The third kappa shape index (κ3) is 4.09. The molecular weight excluding hydrogens is 447 g/mol. The number of imidazole rings is 2. The minimum atomic E-state index is -4.53. The molecule has 0 radical (unpaired) electrons. The molecule has 172 valence electrons. The highest BCUT2D eigenvalue weighted by molar-refractivity contribution is 5.98. The molecule has 34 heavy (non-hydrogen) atoms. The van der Waals surface area contributed by atoms with E-state index >= 15 is 0 Å². The maximum absolute atomic E-state index is 13.6. The molecule has 3 heterocycles. The normalized spacial score (nSPS) is 11.9. The standard InChI is InChI=1S/C24H18F3N5O2/c1-13-11-32(12-28-13)18-8-16(7-17(9-18)24(25,26)27)23-30-20-4-3-15(5-21(20)31-23)6-22(33)19-10-29-34-14(19)2/h3-5,7-12H,6H2,1-2H3,(H,30,31). The van der Waals surface area contributed by atoms with E-state index in [-0.39, 0.29) is 23.6 Å². The van der Waals surface area contributed by atoms with Crippen molar-refractivity contribution in [3.63, 3.8) is 0 Å². The molecule has 2 aromatic carbocycles. The van der Waals surface area contributed by atoms with Crippen LogP contribution in [0.3, 0.4) is 0 Å². The molecule has 1 N–H and O–H groups in total. The number of carbonyl (C=O) groups is 1. The van der Waals surface area contributed by atoms with E-state index < -0.39 is 11.7 Å². The molecule has 0 saturated heterocycles. The summed E-state index contributed by atoms with van der Waals surface area (Å²) in [6.07, 6.45) is 0.101. The number of aromatic amines is 1. The van der Waals surface area contributed by atoms with Crippen LogP contribution in [0.2, 0.25) is 0 Å². The molecule has 0 aliphatic heterocycles. The van der Waals surface area contributed by atoms with Gasteiger partial charge in [-0.15, -0.1) is 0 Å². The second kappa shape index (κ2) is 7.98. The van der Waals surface area contributed by atoms with Gasteiger partial charge in [-0.2, -0.15) is 13.2 Å². The number of ketones is 1. The lowest BCUT2D eigenvalue weighted by atomic mass is 10.0. The number of benzene rings is 2. The fourth-order valence-electron chi connectivity index (χ4n) is 3.77. The zero-order valence-electron chi connectivity index (χ0n) is 18.1. The number of hydrogen-bond acceptors (Lipinski definition) is 5. The molecule has 0 fully saturated rings. The van der Waals surface area contributed by atoms with Crippen molar-refractivity contribution in [3.8, 4) is 17.1 Å². The van der Waals surface area contributed by atoms with Crippen LogP contribution in [0, 0.1) is 13.8 Å². The first-order valence-electron chi connectivity index (χ1n) is 10.3. The van der Waals surface area contributed by atoms with Gasteiger partial charge in [-0.1, -0.05) is 11.2 Å². The van der Waals surface area contributed by atoms with E-state index in [2.05, 4.69) is 20.1 Å². The Balaban J connectivity index is 1.52. The first-order chi connectivity index (χ1) is 16.2. The summed E-state index contributed by atoms with van der Waals surface area (Å²) >= 11 is 0. The van der Waals surface area contributed by atoms with Crippen molar-refractivity contribution < 1.29 is 22.5 Å². The number of nitrogens with one attached hydrogen (secondary N) is 1. The van der Waals surface area contributed by atoms with Crippen LogP contribution >= 0.6 is 0 Å². The van der Waals surface area contributed by atoms with Gasteiger partial charge in [0.25, 0.3) is 0 Å². The predicted molar refractivity (Wildman–Crippen MR) is 118 cm³/mol. The summed E-state index contributed by atoms with van der Waals surface area (Å²) in [6, 6.07) is 9.01. The first-order valence-corrected chi connectivity index (χ1v) is 10.3. The van der Waals surface area contributed by atoms with Gasteiger partial charge in [-0.05, 0) is 49.7 Å². The Morgan fingerprint density at radius 1 is 1.15 bits per heavy atom. The smallest absolute Gasteiger partial charge is 0.361 e. The van der Waals surface area contributed by atoms with E-state index in [1.165, 1.54) is 17.1 Å². The van der Waals surface area contributed by atoms with Gasteiger partial charge in [0.15, 0.2) is 5.78 Å². The van der Waals surface area contributed by atoms with Crippen molar-refractivity contribution >= 4 is 16.8 Å². The van der Waals surface area contributed by atoms with E-state index in [9.17, 15) is 18.0 Å². The van der Waals surface area contributed by atoms with Crippen molar-refractivity contribution in [2.45, 2.75) is 26.4 Å². The molecular formula is C24H18F3N5O2. The van der Waals surface area contributed by atoms with Gasteiger partial charge in [0, 0.05) is 23.9 Å². The van der Waals surface area contributed by atoms with E-state index in [1.807, 2.05) is 0 Å². The van der Waals surface area contributed by atoms with Crippen LogP contribution in [-0.4, -0.2) is 30.5 Å². The van der Waals surface area contributed by atoms with Crippen molar-refractivity contribution in [3.05, 3.63) is 83.3 Å².